The van der Waals surface area contributed by atoms with Crippen molar-refractivity contribution in [2.24, 2.45) is 0 Å². The Balaban J connectivity index is 4.85. The molecular weight excluding hydrogens is 233 g/mol. The maximum atomic E-state index is 12.3. The van der Waals surface area contributed by atoms with E-state index in [2.05, 4.69) is 9.47 Å². The summed E-state index contributed by atoms with van der Waals surface area (Å²) < 4.78 is 45.1. The molecule has 0 fully saturated rings. The number of alkyl halides is 3. The lowest BCUT2D eigenvalue weighted by Crippen LogP contribution is -2.53. The Hall–Kier alpha value is -1.47. The monoisotopic (exact) mass is 244 g/mol. The van der Waals surface area contributed by atoms with E-state index in [9.17, 15) is 22.8 Å². The summed E-state index contributed by atoms with van der Waals surface area (Å²) in [7, 11) is 0. The molecule has 0 aromatic heterocycles. The van der Waals surface area contributed by atoms with Crippen molar-refractivity contribution in [1.82, 2.24) is 0 Å². The Bertz CT molecular complexity index is 286. The largest absolute Gasteiger partial charge is 0.509 e. The quantitative estimate of drug-likeness (QED) is 0.768. The lowest BCUT2D eigenvalue weighted by Gasteiger charge is -2.26. The number of rotatable bonds is 3. The van der Waals surface area contributed by atoms with Gasteiger partial charge in [-0.3, -0.25) is 0 Å². The maximum absolute atomic E-state index is 12.3. The molecular formula is C8H11F3O5. The van der Waals surface area contributed by atoms with Crippen LogP contribution >= 0.6 is 0 Å². The van der Waals surface area contributed by atoms with Crippen molar-refractivity contribution in [3.05, 3.63) is 0 Å². The summed E-state index contributed by atoms with van der Waals surface area (Å²) >= 11 is 0. The van der Waals surface area contributed by atoms with E-state index in [1.165, 1.54) is 13.8 Å². The van der Waals surface area contributed by atoms with Crippen molar-refractivity contribution in [3.63, 3.8) is 0 Å². The average Bonchev–Trinajstić information content (AvgIpc) is 1.99. The molecule has 0 aliphatic rings. The van der Waals surface area contributed by atoms with Crippen LogP contribution in [0.5, 0.6) is 0 Å². The lowest BCUT2D eigenvalue weighted by molar-refractivity contribution is -0.257. The van der Waals surface area contributed by atoms with Crippen LogP contribution < -0.4 is 0 Å². The molecule has 0 saturated carbocycles. The molecule has 0 aliphatic heterocycles. The minimum Gasteiger partial charge on any atom is -0.478 e. The van der Waals surface area contributed by atoms with Crippen molar-refractivity contribution in [2.45, 2.75) is 38.7 Å². The predicted octanol–water partition coefficient (Wildman–Crippen LogP) is 1.95. The van der Waals surface area contributed by atoms with Crippen LogP contribution in [0, 0.1) is 0 Å². The first kappa shape index (κ1) is 14.5. The van der Waals surface area contributed by atoms with Crippen LogP contribution in [0.4, 0.5) is 18.0 Å². The van der Waals surface area contributed by atoms with Gasteiger partial charge in [0.25, 0.3) is 0 Å². The topological polar surface area (TPSA) is 72.8 Å². The van der Waals surface area contributed by atoms with E-state index in [-0.39, 0.29) is 6.92 Å². The van der Waals surface area contributed by atoms with Gasteiger partial charge in [0.1, 0.15) is 0 Å². The molecule has 1 atom stereocenters. The molecule has 0 heterocycles. The highest BCUT2D eigenvalue weighted by Crippen LogP contribution is 2.34. The van der Waals surface area contributed by atoms with Crippen LogP contribution in [-0.2, 0) is 14.3 Å². The number of carbonyl (C=O) groups is 2. The number of hydrogen-bond acceptors (Lipinski definition) is 4. The lowest BCUT2D eigenvalue weighted by atomic mass is 10.1. The Morgan fingerprint density at radius 1 is 1.25 bits per heavy atom. The molecule has 0 aromatic carbocycles. The van der Waals surface area contributed by atoms with Crippen molar-refractivity contribution in [3.8, 4) is 0 Å². The molecule has 0 aliphatic carbocycles. The molecule has 1 unspecified atom stereocenters. The Morgan fingerprint density at radius 3 is 1.94 bits per heavy atom. The Kier molecular flexibility index (Phi) is 4.16. The predicted molar refractivity (Wildman–Crippen MR) is 44.8 cm³/mol. The Labute approximate surface area is 89.1 Å². The van der Waals surface area contributed by atoms with Crippen LogP contribution in [0.15, 0.2) is 0 Å². The standard InChI is InChI=1S/C8H11F3O5/c1-4(2)15-6(14)16-7(3,5(12)13)8(9,10)11/h4H,1-3H3,(H,12,13). The number of halogens is 3. The molecule has 5 nitrogen and oxygen atoms in total. The number of carboxylic acids is 1. The number of carbonyl (C=O) groups excluding carboxylic acids is 1. The van der Waals surface area contributed by atoms with E-state index in [0.29, 0.717) is 0 Å². The van der Waals surface area contributed by atoms with Crippen molar-refractivity contribution in [1.29, 1.82) is 0 Å². The fourth-order valence-electron chi connectivity index (χ4n) is 0.606. The number of carboxylic acid groups (broad SMARTS) is 1. The van der Waals surface area contributed by atoms with Crippen molar-refractivity contribution in [2.75, 3.05) is 0 Å². The third kappa shape index (κ3) is 3.28. The van der Waals surface area contributed by atoms with Crippen molar-refractivity contribution < 1.29 is 37.3 Å². The SMILES string of the molecule is CC(C)OC(=O)OC(C)(C(=O)O)C(F)(F)F. The van der Waals surface area contributed by atoms with Gasteiger partial charge in [-0.1, -0.05) is 0 Å². The summed E-state index contributed by atoms with van der Waals surface area (Å²) in [4.78, 5) is 21.2. The molecule has 0 bridgehead atoms. The van der Waals surface area contributed by atoms with Gasteiger partial charge in [0.15, 0.2) is 0 Å². The highest BCUT2D eigenvalue weighted by atomic mass is 19.4. The van der Waals surface area contributed by atoms with Crippen molar-refractivity contribution >= 4 is 12.1 Å². The van der Waals surface area contributed by atoms with Gasteiger partial charge in [-0.25, -0.2) is 9.59 Å². The van der Waals surface area contributed by atoms with E-state index in [1.807, 2.05) is 0 Å². The van der Waals surface area contributed by atoms with Crippen LogP contribution in [0.1, 0.15) is 20.8 Å². The second kappa shape index (κ2) is 4.58. The summed E-state index contributed by atoms with van der Waals surface area (Å²) in [6.45, 7) is 3.00. The maximum Gasteiger partial charge on any atom is 0.509 e. The van der Waals surface area contributed by atoms with E-state index in [1.54, 1.807) is 0 Å². The van der Waals surface area contributed by atoms with E-state index >= 15 is 0 Å². The molecule has 1 N–H and O–H groups in total. The molecule has 0 aromatic rings. The second-order valence-corrected chi connectivity index (χ2v) is 3.35. The fourth-order valence-corrected chi connectivity index (χ4v) is 0.606. The first-order valence-corrected chi connectivity index (χ1v) is 4.20. The highest BCUT2D eigenvalue weighted by Gasteiger charge is 2.61. The third-order valence-electron chi connectivity index (χ3n) is 1.57. The highest BCUT2D eigenvalue weighted by molar-refractivity contribution is 5.81. The molecule has 8 heteroatoms. The molecule has 16 heavy (non-hydrogen) atoms. The van der Waals surface area contributed by atoms with E-state index in [0.717, 1.165) is 0 Å². The molecule has 0 amide bonds. The van der Waals surface area contributed by atoms with Gasteiger partial charge in [-0.2, -0.15) is 13.2 Å². The third-order valence-corrected chi connectivity index (χ3v) is 1.57. The van der Waals surface area contributed by atoms with Crippen LogP contribution in [0.3, 0.4) is 0 Å². The molecule has 0 saturated heterocycles. The van der Waals surface area contributed by atoms with Gasteiger partial charge in [-0.15, -0.1) is 0 Å². The van der Waals surface area contributed by atoms with Crippen LogP contribution in [0.25, 0.3) is 0 Å². The second-order valence-electron chi connectivity index (χ2n) is 3.35. The van der Waals surface area contributed by atoms with Gasteiger partial charge in [0.2, 0.25) is 0 Å². The smallest absolute Gasteiger partial charge is 0.478 e. The summed E-state index contributed by atoms with van der Waals surface area (Å²) in [5.41, 5.74) is -3.61. The summed E-state index contributed by atoms with van der Waals surface area (Å²) in [6.07, 6.45) is -7.62. The van der Waals surface area contributed by atoms with Gasteiger partial charge in [0.05, 0.1) is 6.10 Å². The zero-order valence-electron chi connectivity index (χ0n) is 8.79. The fraction of sp³-hybridized carbons (Fsp3) is 0.750. The number of hydrogen-bond donors (Lipinski definition) is 1. The van der Waals surface area contributed by atoms with Crippen LogP contribution in [-0.4, -0.2) is 35.1 Å². The number of ether oxygens (including phenoxy) is 2. The zero-order valence-corrected chi connectivity index (χ0v) is 8.79. The number of aliphatic carboxylic acids is 1. The molecule has 94 valence electrons. The summed E-state index contributed by atoms with van der Waals surface area (Å²) in [5.74, 6) is -2.32. The summed E-state index contributed by atoms with van der Waals surface area (Å²) in [6, 6.07) is 0. The normalized spacial score (nSPS) is 15.4. The first-order chi connectivity index (χ1) is 7.00. The molecule has 0 spiro atoms. The minimum absolute atomic E-state index is 0.233. The average molecular weight is 244 g/mol. The molecule has 0 radical (unpaired) electrons. The van der Waals surface area contributed by atoms with Gasteiger partial charge < -0.3 is 14.6 Å². The van der Waals surface area contributed by atoms with Gasteiger partial charge in [-0.05, 0) is 20.8 Å². The zero-order chi connectivity index (χ0) is 13.1. The minimum atomic E-state index is -5.23. The molecule has 0 rings (SSSR count). The van der Waals surface area contributed by atoms with E-state index in [4.69, 9.17) is 5.11 Å². The van der Waals surface area contributed by atoms with Crippen LogP contribution in [0.2, 0.25) is 0 Å². The Morgan fingerprint density at radius 2 is 1.69 bits per heavy atom. The van der Waals surface area contributed by atoms with Gasteiger partial charge in [0, 0.05) is 0 Å². The summed E-state index contributed by atoms with van der Waals surface area (Å²) in [5, 5.41) is 8.40. The van der Waals surface area contributed by atoms with Gasteiger partial charge >= 0.3 is 23.9 Å². The van der Waals surface area contributed by atoms with E-state index < -0.39 is 30.0 Å². The first-order valence-electron chi connectivity index (χ1n) is 4.20.